The largest absolute Gasteiger partial charge is 0.370 e. The Hall–Kier alpha value is -3.52. The molecule has 0 aliphatic carbocycles. The van der Waals surface area contributed by atoms with Crippen molar-refractivity contribution in [2.45, 2.75) is 12.8 Å². The van der Waals surface area contributed by atoms with Gasteiger partial charge in [-0.3, -0.25) is 4.79 Å². The maximum absolute atomic E-state index is 12.3. The van der Waals surface area contributed by atoms with Gasteiger partial charge in [-0.2, -0.15) is 5.26 Å². The molecular formula is C23H22N4O. The molecule has 5 heteroatoms. The normalized spacial score (nSPS) is 15.0. The fraction of sp³-hybridized carbons (Fsp3) is 0.217. The van der Waals surface area contributed by atoms with Crippen LogP contribution in [0.2, 0.25) is 0 Å². The molecule has 2 aromatic carbocycles. The first-order valence-electron chi connectivity index (χ1n) is 9.54. The third kappa shape index (κ3) is 3.77. The highest BCUT2D eigenvalue weighted by atomic mass is 16.1. The third-order valence-electron chi connectivity index (χ3n) is 5.28. The summed E-state index contributed by atoms with van der Waals surface area (Å²) in [5.41, 5.74) is 3.54. The zero-order valence-electron chi connectivity index (χ0n) is 15.6. The third-order valence-corrected chi connectivity index (χ3v) is 5.28. The summed E-state index contributed by atoms with van der Waals surface area (Å²) in [6, 6.07) is 17.8. The second kappa shape index (κ2) is 8.01. The highest BCUT2D eigenvalue weighted by Crippen LogP contribution is 2.27. The molecule has 5 nitrogen and oxygen atoms in total. The molecule has 2 heterocycles. The lowest BCUT2D eigenvalue weighted by molar-refractivity contribution is -0.111. The summed E-state index contributed by atoms with van der Waals surface area (Å²) in [5, 5.41) is 13.3. The van der Waals surface area contributed by atoms with E-state index in [0.717, 1.165) is 53.8 Å². The van der Waals surface area contributed by atoms with Crippen LogP contribution in [-0.2, 0) is 4.79 Å². The number of rotatable bonds is 4. The van der Waals surface area contributed by atoms with Crippen molar-refractivity contribution in [1.82, 2.24) is 4.98 Å². The maximum Gasteiger partial charge on any atom is 0.248 e. The Labute approximate surface area is 164 Å². The van der Waals surface area contributed by atoms with Crippen LogP contribution in [-0.4, -0.2) is 24.0 Å². The summed E-state index contributed by atoms with van der Waals surface area (Å²) in [5.74, 6) is 0.269. The van der Waals surface area contributed by atoms with E-state index in [-0.39, 0.29) is 5.91 Å². The van der Waals surface area contributed by atoms with Gasteiger partial charge in [-0.15, -0.1) is 0 Å². The number of allylic oxidation sites excluding steroid dienone is 1. The van der Waals surface area contributed by atoms with Crippen LogP contribution in [0.1, 0.15) is 18.4 Å². The van der Waals surface area contributed by atoms with E-state index in [9.17, 15) is 10.1 Å². The van der Waals surface area contributed by atoms with Gasteiger partial charge in [-0.25, -0.2) is 0 Å². The molecule has 0 radical (unpaired) electrons. The van der Waals surface area contributed by atoms with Gasteiger partial charge in [0.15, 0.2) is 0 Å². The molecule has 1 amide bonds. The Balaban J connectivity index is 1.34. The van der Waals surface area contributed by atoms with Gasteiger partial charge in [-0.1, -0.05) is 24.3 Å². The number of H-pyrrole nitrogens is 1. The first-order chi connectivity index (χ1) is 13.7. The van der Waals surface area contributed by atoms with Crippen LogP contribution in [0, 0.1) is 17.2 Å². The van der Waals surface area contributed by atoms with Gasteiger partial charge in [0.25, 0.3) is 0 Å². The number of carbonyl (C=O) groups excluding carboxylic acids is 1. The molecule has 1 aliphatic heterocycles. The van der Waals surface area contributed by atoms with Crippen molar-refractivity contribution in [2.24, 2.45) is 5.92 Å². The Morgan fingerprint density at radius 3 is 2.79 bits per heavy atom. The van der Waals surface area contributed by atoms with Crippen molar-refractivity contribution in [3.05, 3.63) is 72.4 Å². The number of anilines is 2. The Bertz CT molecular complexity index is 1050. The van der Waals surface area contributed by atoms with Crippen LogP contribution in [0.15, 0.2) is 66.9 Å². The highest BCUT2D eigenvalue weighted by molar-refractivity contribution is 6.05. The lowest BCUT2D eigenvalue weighted by Crippen LogP contribution is -2.33. The lowest BCUT2D eigenvalue weighted by atomic mass is 9.95. The minimum atomic E-state index is -0.106. The van der Waals surface area contributed by atoms with E-state index in [4.69, 9.17) is 0 Å². The minimum absolute atomic E-state index is 0.106. The number of amides is 1. The number of hydrogen-bond donors (Lipinski definition) is 2. The summed E-state index contributed by atoms with van der Waals surface area (Å²) >= 11 is 0. The zero-order chi connectivity index (χ0) is 19.3. The second-order valence-corrected chi connectivity index (χ2v) is 7.05. The summed E-state index contributed by atoms with van der Waals surface area (Å²) in [6.07, 6.45) is 7.47. The number of nitriles is 1. The minimum Gasteiger partial charge on any atom is -0.370 e. The number of aromatic nitrogens is 1. The molecule has 0 unspecified atom stereocenters. The van der Waals surface area contributed by atoms with Gasteiger partial charge in [0.2, 0.25) is 5.91 Å². The van der Waals surface area contributed by atoms with E-state index in [0.29, 0.717) is 5.92 Å². The number of carbonyl (C=O) groups is 1. The standard InChI is InChI=1S/C23H22N4O/c24-16-18-4-1-2-7-22(18)27-14-11-17(12-15-27)8-9-23(28)26-21-6-3-5-20-19(21)10-13-25-20/h1-10,13,17,25H,11-12,14-15H2,(H,26,28). The van der Waals surface area contributed by atoms with Crippen LogP contribution in [0.4, 0.5) is 11.4 Å². The van der Waals surface area contributed by atoms with Crippen molar-refractivity contribution in [2.75, 3.05) is 23.3 Å². The fourth-order valence-electron chi connectivity index (χ4n) is 3.77. The molecule has 1 aromatic heterocycles. The van der Waals surface area contributed by atoms with Gasteiger partial charge in [-0.05, 0) is 55.2 Å². The zero-order valence-corrected chi connectivity index (χ0v) is 15.6. The average Bonchev–Trinajstić information content (AvgIpc) is 3.23. The van der Waals surface area contributed by atoms with Crippen molar-refractivity contribution < 1.29 is 4.79 Å². The van der Waals surface area contributed by atoms with E-state index < -0.39 is 0 Å². The molecule has 0 bridgehead atoms. The van der Waals surface area contributed by atoms with Crippen LogP contribution in [0.25, 0.3) is 10.9 Å². The molecule has 140 valence electrons. The number of nitrogens with one attached hydrogen (secondary N) is 2. The highest BCUT2D eigenvalue weighted by Gasteiger charge is 2.19. The predicted octanol–water partition coefficient (Wildman–Crippen LogP) is 4.45. The first kappa shape index (κ1) is 17.9. The predicted molar refractivity (Wildman–Crippen MR) is 112 cm³/mol. The van der Waals surface area contributed by atoms with Crippen molar-refractivity contribution in [3.8, 4) is 6.07 Å². The van der Waals surface area contributed by atoms with E-state index in [1.54, 1.807) is 6.08 Å². The van der Waals surface area contributed by atoms with Gasteiger partial charge in [0, 0.05) is 30.2 Å². The van der Waals surface area contributed by atoms with E-state index in [2.05, 4.69) is 21.3 Å². The number of nitrogens with zero attached hydrogens (tertiary/aromatic N) is 2. The van der Waals surface area contributed by atoms with Gasteiger partial charge >= 0.3 is 0 Å². The van der Waals surface area contributed by atoms with E-state index in [1.165, 1.54) is 0 Å². The van der Waals surface area contributed by atoms with Crippen molar-refractivity contribution >= 4 is 28.2 Å². The summed E-state index contributed by atoms with van der Waals surface area (Å²) in [7, 11) is 0. The van der Waals surface area contributed by atoms with Crippen LogP contribution >= 0.6 is 0 Å². The number of hydrogen-bond acceptors (Lipinski definition) is 3. The fourth-order valence-corrected chi connectivity index (χ4v) is 3.77. The average molecular weight is 370 g/mol. The Morgan fingerprint density at radius 1 is 1.14 bits per heavy atom. The molecule has 0 saturated carbocycles. The smallest absolute Gasteiger partial charge is 0.248 e. The molecule has 1 saturated heterocycles. The SMILES string of the molecule is N#Cc1ccccc1N1CCC(C=CC(=O)Nc2cccc3[nH]ccc23)CC1. The quantitative estimate of drug-likeness (QED) is 0.667. The van der Waals surface area contributed by atoms with Crippen LogP contribution in [0.3, 0.4) is 0 Å². The van der Waals surface area contributed by atoms with Gasteiger partial charge < -0.3 is 15.2 Å². The number of piperidine rings is 1. The van der Waals surface area contributed by atoms with Crippen LogP contribution in [0.5, 0.6) is 0 Å². The summed E-state index contributed by atoms with van der Waals surface area (Å²) < 4.78 is 0. The Morgan fingerprint density at radius 2 is 1.96 bits per heavy atom. The maximum atomic E-state index is 12.3. The van der Waals surface area contributed by atoms with Gasteiger partial charge in [0.05, 0.1) is 16.9 Å². The van der Waals surface area contributed by atoms with E-state index >= 15 is 0 Å². The Kier molecular flexibility index (Phi) is 5.11. The first-order valence-corrected chi connectivity index (χ1v) is 9.54. The lowest BCUT2D eigenvalue weighted by Gasteiger charge is -2.33. The monoisotopic (exact) mass is 370 g/mol. The van der Waals surface area contributed by atoms with Gasteiger partial charge in [0.1, 0.15) is 6.07 Å². The van der Waals surface area contributed by atoms with Crippen molar-refractivity contribution in [1.29, 1.82) is 5.26 Å². The number of aromatic amines is 1. The number of fused-ring (bicyclic) bond motifs is 1. The molecule has 3 aromatic rings. The van der Waals surface area contributed by atoms with E-state index in [1.807, 2.05) is 60.8 Å². The molecular weight excluding hydrogens is 348 g/mol. The molecule has 2 N–H and O–H groups in total. The summed E-state index contributed by atoms with van der Waals surface area (Å²) in [4.78, 5) is 17.7. The summed E-state index contributed by atoms with van der Waals surface area (Å²) in [6.45, 7) is 1.77. The molecule has 4 rings (SSSR count). The number of para-hydroxylation sites is 1. The van der Waals surface area contributed by atoms with Crippen LogP contribution < -0.4 is 10.2 Å². The topological polar surface area (TPSA) is 71.9 Å². The molecule has 1 fully saturated rings. The molecule has 1 aliphatic rings. The van der Waals surface area contributed by atoms with Crippen molar-refractivity contribution in [3.63, 3.8) is 0 Å². The number of benzene rings is 2. The molecule has 0 spiro atoms. The molecule has 28 heavy (non-hydrogen) atoms. The second-order valence-electron chi connectivity index (χ2n) is 7.05. The molecule has 0 atom stereocenters.